The molecule has 0 spiro atoms. The number of hydrogen-bond acceptors (Lipinski definition) is 5. The van der Waals surface area contributed by atoms with Gasteiger partial charge in [0.15, 0.2) is 0 Å². The molecule has 6 nitrogen and oxygen atoms in total. The normalized spacial score (nSPS) is 18.2. The molecule has 2 unspecified atom stereocenters. The maximum Gasteiger partial charge on any atom is 0.225 e. The molecule has 1 aromatic carbocycles. The number of nitrogens with zero attached hydrogens (tertiary/aromatic N) is 2. The van der Waals surface area contributed by atoms with E-state index < -0.39 is 23.6 Å². The summed E-state index contributed by atoms with van der Waals surface area (Å²) in [6.45, 7) is 2.25. The van der Waals surface area contributed by atoms with Crippen LogP contribution in [0.15, 0.2) is 29.8 Å². The Hall–Kier alpha value is -2.39. The van der Waals surface area contributed by atoms with Gasteiger partial charge in [-0.15, -0.1) is 11.3 Å². The molecule has 2 heterocycles. The average molecular weight is 395 g/mol. The first-order chi connectivity index (χ1) is 13.0. The molecular weight excluding hydrogens is 376 g/mol. The third-order valence-electron chi connectivity index (χ3n) is 4.25. The highest BCUT2D eigenvalue weighted by Crippen LogP contribution is 2.27. The number of carbonyl (C=O) groups is 2. The summed E-state index contributed by atoms with van der Waals surface area (Å²) in [4.78, 5) is 30.0. The van der Waals surface area contributed by atoms with Crippen molar-refractivity contribution in [2.75, 3.05) is 19.7 Å². The second kappa shape index (κ2) is 8.53. The highest BCUT2D eigenvalue weighted by molar-refractivity contribution is 7.09. The van der Waals surface area contributed by atoms with Crippen LogP contribution in [0.1, 0.15) is 36.1 Å². The summed E-state index contributed by atoms with van der Waals surface area (Å²) in [5, 5.41) is 5.07. The molecule has 27 heavy (non-hydrogen) atoms. The van der Waals surface area contributed by atoms with E-state index in [0.717, 1.165) is 17.1 Å². The predicted molar refractivity (Wildman–Crippen MR) is 94.9 cm³/mol. The number of ether oxygens (including phenoxy) is 1. The minimum atomic E-state index is -1.09. The second-order valence-electron chi connectivity index (χ2n) is 6.16. The fourth-order valence-corrected chi connectivity index (χ4v) is 3.71. The van der Waals surface area contributed by atoms with Crippen LogP contribution in [0.25, 0.3) is 0 Å². The Morgan fingerprint density at radius 3 is 2.78 bits per heavy atom. The highest BCUT2D eigenvalue weighted by atomic mass is 32.1. The Labute approximate surface area is 159 Å². The highest BCUT2D eigenvalue weighted by Gasteiger charge is 2.30. The fourth-order valence-electron chi connectivity index (χ4n) is 3.04. The molecular formula is C18H19F2N3O3S. The van der Waals surface area contributed by atoms with Crippen molar-refractivity contribution in [3.05, 3.63) is 52.0 Å². The molecule has 1 saturated heterocycles. The molecule has 0 bridgehead atoms. The van der Waals surface area contributed by atoms with Gasteiger partial charge in [-0.25, -0.2) is 13.8 Å². The first kappa shape index (κ1) is 19.4. The van der Waals surface area contributed by atoms with Crippen LogP contribution >= 0.6 is 11.3 Å². The van der Waals surface area contributed by atoms with Crippen LogP contribution in [-0.4, -0.2) is 41.4 Å². The largest absolute Gasteiger partial charge is 0.367 e. The second-order valence-corrected chi connectivity index (χ2v) is 7.09. The van der Waals surface area contributed by atoms with Crippen LogP contribution in [0.3, 0.4) is 0 Å². The van der Waals surface area contributed by atoms with E-state index in [9.17, 15) is 18.4 Å². The van der Waals surface area contributed by atoms with Gasteiger partial charge < -0.3 is 15.0 Å². The quantitative estimate of drug-likeness (QED) is 0.845. The lowest BCUT2D eigenvalue weighted by molar-refractivity contribution is -0.139. The molecule has 144 valence electrons. The maximum atomic E-state index is 14.1. The van der Waals surface area contributed by atoms with E-state index in [4.69, 9.17) is 4.74 Å². The first-order valence-electron chi connectivity index (χ1n) is 8.45. The van der Waals surface area contributed by atoms with Gasteiger partial charge >= 0.3 is 0 Å². The summed E-state index contributed by atoms with van der Waals surface area (Å²) in [5.41, 5.74) is -0.314. The summed E-state index contributed by atoms with van der Waals surface area (Å²) in [7, 11) is 0. The van der Waals surface area contributed by atoms with Crippen LogP contribution in [0.5, 0.6) is 0 Å². The lowest BCUT2D eigenvalue weighted by atomic mass is 10.0. The van der Waals surface area contributed by atoms with Crippen LogP contribution in [0.4, 0.5) is 8.78 Å². The third kappa shape index (κ3) is 4.67. The molecule has 2 aromatic rings. The van der Waals surface area contributed by atoms with Gasteiger partial charge in [0, 0.05) is 30.6 Å². The first-order valence-corrected chi connectivity index (χ1v) is 9.33. The van der Waals surface area contributed by atoms with E-state index in [1.807, 2.05) is 5.38 Å². The number of morpholine rings is 1. The number of aromatic nitrogens is 1. The van der Waals surface area contributed by atoms with Gasteiger partial charge in [0.25, 0.3) is 0 Å². The average Bonchev–Trinajstić information content (AvgIpc) is 3.16. The summed E-state index contributed by atoms with van der Waals surface area (Å²) < 4.78 is 34.0. The molecule has 1 aromatic heterocycles. The Morgan fingerprint density at radius 2 is 2.15 bits per heavy atom. The zero-order valence-corrected chi connectivity index (χ0v) is 15.5. The monoisotopic (exact) mass is 395 g/mol. The van der Waals surface area contributed by atoms with Crippen molar-refractivity contribution in [2.45, 2.75) is 25.5 Å². The van der Waals surface area contributed by atoms with Gasteiger partial charge in [-0.05, 0) is 12.1 Å². The number of rotatable bonds is 5. The third-order valence-corrected chi connectivity index (χ3v) is 5.12. The topological polar surface area (TPSA) is 71.5 Å². The molecule has 3 rings (SSSR count). The van der Waals surface area contributed by atoms with Gasteiger partial charge in [0.05, 0.1) is 25.6 Å². The van der Waals surface area contributed by atoms with E-state index in [0.29, 0.717) is 19.7 Å². The molecule has 0 aliphatic carbocycles. The van der Waals surface area contributed by atoms with Crippen molar-refractivity contribution >= 4 is 23.2 Å². The number of amides is 2. The van der Waals surface area contributed by atoms with Crippen LogP contribution < -0.4 is 5.32 Å². The number of benzene rings is 1. The Morgan fingerprint density at radius 1 is 1.41 bits per heavy atom. The van der Waals surface area contributed by atoms with Crippen molar-refractivity contribution < 1.29 is 23.1 Å². The number of thiazole rings is 1. The molecule has 1 aliphatic heterocycles. The van der Waals surface area contributed by atoms with Crippen molar-refractivity contribution in [1.29, 1.82) is 0 Å². The molecule has 0 radical (unpaired) electrons. The molecule has 2 amide bonds. The smallest absolute Gasteiger partial charge is 0.225 e. The van der Waals surface area contributed by atoms with E-state index in [1.54, 1.807) is 11.1 Å². The molecule has 1 aliphatic rings. The zero-order chi connectivity index (χ0) is 19.4. The standard InChI is InChI=1S/C18H19F2N3O3S/c1-11(24)22-14(17-12(19)3-2-4-13(17)20)9-16(25)23-6-7-26-15(10-23)18-21-5-8-27-18/h2-5,8,14-15H,6-7,9-10H2,1H3,(H,22,24). The summed E-state index contributed by atoms with van der Waals surface area (Å²) >= 11 is 1.44. The van der Waals surface area contributed by atoms with Crippen molar-refractivity contribution in [2.24, 2.45) is 0 Å². The zero-order valence-electron chi connectivity index (χ0n) is 14.7. The molecule has 2 atom stereocenters. The Kier molecular flexibility index (Phi) is 6.12. The van der Waals surface area contributed by atoms with Crippen molar-refractivity contribution in [1.82, 2.24) is 15.2 Å². The molecule has 1 N–H and O–H groups in total. The van der Waals surface area contributed by atoms with Crippen molar-refractivity contribution in [3.8, 4) is 0 Å². The minimum absolute atomic E-state index is 0.248. The van der Waals surface area contributed by atoms with Crippen molar-refractivity contribution in [3.63, 3.8) is 0 Å². The number of halogens is 2. The predicted octanol–water partition coefficient (Wildman–Crippen LogP) is 2.59. The van der Waals surface area contributed by atoms with Gasteiger partial charge in [0.1, 0.15) is 22.7 Å². The van der Waals surface area contributed by atoms with E-state index in [2.05, 4.69) is 10.3 Å². The molecule has 9 heteroatoms. The van der Waals surface area contributed by atoms with Crippen LogP contribution in [-0.2, 0) is 14.3 Å². The molecule has 1 fully saturated rings. The van der Waals surface area contributed by atoms with E-state index in [-0.39, 0.29) is 24.0 Å². The Balaban J connectivity index is 1.75. The summed E-state index contributed by atoms with van der Waals surface area (Å²) in [6.07, 6.45) is 1.09. The summed E-state index contributed by atoms with van der Waals surface area (Å²) in [6, 6.07) is 2.36. The van der Waals surface area contributed by atoms with Gasteiger partial charge in [-0.3, -0.25) is 9.59 Å². The minimum Gasteiger partial charge on any atom is -0.367 e. The van der Waals surface area contributed by atoms with E-state index in [1.165, 1.54) is 24.3 Å². The fraction of sp³-hybridized carbons (Fsp3) is 0.389. The number of hydrogen-bond donors (Lipinski definition) is 1. The maximum absolute atomic E-state index is 14.1. The van der Waals surface area contributed by atoms with Gasteiger partial charge in [-0.2, -0.15) is 0 Å². The number of nitrogens with one attached hydrogen (secondary N) is 1. The lowest BCUT2D eigenvalue weighted by Crippen LogP contribution is -2.44. The van der Waals surface area contributed by atoms with E-state index >= 15 is 0 Å². The molecule has 0 saturated carbocycles. The van der Waals surface area contributed by atoms with Gasteiger partial charge in [0.2, 0.25) is 11.8 Å². The lowest BCUT2D eigenvalue weighted by Gasteiger charge is -2.33. The van der Waals surface area contributed by atoms with Crippen LogP contribution in [0, 0.1) is 11.6 Å². The SMILES string of the molecule is CC(=O)NC(CC(=O)N1CCOC(c2nccs2)C1)c1c(F)cccc1F. The summed E-state index contributed by atoms with van der Waals surface area (Å²) in [5.74, 6) is -2.40. The van der Waals surface area contributed by atoms with Crippen LogP contribution in [0.2, 0.25) is 0 Å². The Bertz CT molecular complexity index is 796. The van der Waals surface area contributed by atoms with Gasteiger partial charge in [-0.1, -0.05) is 6.07 Å². The number of carbonyl (C=O) groups excluding carboxylic acids is 2.